The number of alkyl halides is 5. The van der Waals surface area contributed by atoms with E-state index in [1.165, 1.54) is 29.8 Å². The molecule has 3 aromatic carbocycles. The lowest BCUT2D eigenvalue weighted by molar-refractivity contribution is -0.305. The van der Waals surface area contributed by atoms with Crippen LogP contribution in [0, 0.1) is 0 Å². The van der Waals surface area contributed by atoms with Crippen LogP contribution in [0.4, 0.5) is 22.0 Å². The predicted molar refractivity (Wildman–Crippen MR) is 111 cm³/mol. The molecule has 0 amide bonds. The van der Waals surface area contributed by atoms with Crippen LogP contribution in [0.5, 0.6) is 11.5 Å². The van der Waals surface area contributed by atoms with Crippen molar-refractivity contribution >= 4 is 10.9 Å². The van der Waals surface area contributed by atoms with Crippen LogP contribution in [0.2, 0.25) is 0 Å². The number of hydrogen-bond acceptors (Lipinski definition) is 2. The second-order valence-corrected chi connectivity index (χ2v) is 7.39. The molecule has 0 saturated heterocycles. The van der Waals surface area contributed by atoms with Gasteiger partial charge < -0.3 is 14.4 Å². The molecule has 0 aliphatic rings. The molecule has 8 heteroatoms. The Hall–Kier alpha value is -3.39. The van der Waals surface area contributed by atoms with E-state index in [0.717, 1.165) is 17.3 Å². The van der Waals surface area contributed by atoms with E-state index in [4.69, 9.17) is 4.74 Å². The molecule has 1 aromatic heterocycles. The summed E-state index contributed by atoms with van der Waals surface area (Å²) >= 11 is 0. The first-order valence-corrected chi connectivity index (χ1v) is 9.61. The number of benzene rings is 3. The monoisotopic (exact) mass is 447 g/mol. The molecule has 1 unspecified atom stereocenters. The van der Waals surface area contributed by atoms with Crippen molar-refractivity contribution in [3.05, 3.63) is 84.6 Å². The van der Waals surface area contributed by atoms with Crippen molar-refractivity contribution < 1.29 is 31.8 Å². The van der Waals surface area contributed by atoms with E-state index in [2.05, 4.69) is 0 Å². The van der Waals surface area contributed by atoms with E-state index in [1.807, 2.05) is 42.5 Å². The Morgan fingerprint density at radius 1 is 0.844 bits per heavy atom. The molecule has 0 saturated carbocycles. The highest BCUT2D eigenvalue weighted by molar-refractivity contribution is 5.86. The summed E-state index contributed by atoms with van der Waals surface area (Å²) < 4.78 is 74.1. The lowest BCUT2D eigenvalue weighted by Crippen LogP contribution is -2.48. The molecule has 0 bridgehead atoms. The highest BCUT2D eigenvalue weighted by atomic mass is 19.4. The maximum Gasteiger partial charge on any atom is 0.427 e. The largest absolute Gasteiger partial charge is 0.457 e. The SMILES string of the molecule is Cn1cc(C(O)(C(F)F)C(F)(F)F)c2cc(Oc3ccc(-c4ccccc4)cc3)ccc21. The highest BCUT2D eigenvalue weighted by Crippen LogP contribution is 2.46. The van der Waals surface area contributed by atoms with Crippen molar-refractivity contribution in [1.29, 1.82) is 0 Å². The van der Waals surface area contributed by atoms with Gasteiger partial charge in [-0.3, -0.25) is 0 Å². The summed E-state index contributed by atoms with van der Waals surface area (Å²) in [5.74, 6) is 0.567. The molecular weight excluding hydrogens is 429 g/mol. The fourth-order valence-electron chi connectivity index (χ4n) is 3.61. The van der Waals surface area contributed by atoms with E-state index < -0.39 is 23.8 Å². The molecule has 4 aromatic rings. The molecule has 0 aliphatic carbocycles. The van der Waals surface area contributed by atoms with E-state index in [1.54, 1.807) is 12.1 Å². The van der Waals surface area contributed by atoms with E-state index >= 15 is 0 Å². The number of halogens is 5. The Kier molecular flexibility index (Phi) is 5.42. The van der Waals surface area contributed by atoms with Crippen LogP contribution in [0.15, 0.2) is 79.0 Å². The molecule has 3 nitrogen and oxygen atoms in total. The standard InChI is InChI=1S/C24H18F5NO2/c1-30-14-20(23(31,22(25)26)24(27,28)29)19-13-18(11-12-21(19)30)32-17-9-7-16(8-10-17)15-5-3-2-4-6-15/h2-14,22,31H,1H3. The number of aliphatic hydroxyl groups is 1. The smallest absolute Gasteiger partial charge is 0.427 e. The third kappa shape index (κ3) is 3.71. The fraction of sp³-hybridized carbons (Fsp3) is 0.167. The Morgan fingerprint density at radius 3 is 2.03 bits per heavy atom. The van der Waals surface area contributed by atoms with Crippen molar-refractivity contribution in [2.45, 2.75) is 18.2 Å². The van der Waals surface area contributed by atoms with Gasteiger partial charge in [0.05, 0.1) is 0 Å². The van der Waals surface area contributed by atoms with Crippen LogP contribution in [-0.4, -0.2) is 22.3 Å². The third-order valence-electron chi connectivity index (χ3n) is 5.32. The van der Waals surface area contributed by atoms with Crippen molar-refractivity contribution in [2.75, 3.05) is 0 Å². The van der Waals surface area contributed by atoms with Crippen LogP contribution in [0.1, 0.15) is 5.56 Å². The summed E-state index contributed by atoms with van der Waals surface area (Å²) in [6.45, 7) is 0. The van der Waals surface area contributed by atoms with E-state index in [9.17, 15) is 27.1 Å². The lowest BCUT2D eigenvalue weighted by atomic mass is 9.93. The molecule has 4 rings (SSSR count). The Morgan fingerprint density at radius 2 is 1.44 bits per heavy atom. The molecule has 0 fully saturated rings. The zero-order valence-corrected chi connectivity index (χ0v) is 16.8. The van der Waals surface area contributed by atoms with Gasteiger partial charge in [0.25, 0.3) is 6.43 Å². The second kappa shape index (κ2) is 7.94. The summed E-state index contributed by atoms with van der Waals surface area (Å²) in [5, 5.41) is 9.82. The second-order valence-electron chi connectivity index (χ2n) is 7.39. The molecule has 166 valence electrons. The number of aryl methyl sites for hydroxylation is 1. The molecule has 32 heavy (non-hydrogen) atoms. The maximum atomic E-state index is 13.4. The number of ether oxygens (including phenoxy) is 1. The van der Waals surface area contributed by atoms with Crippen LogP contribution in [0.3, 0.4) is 0 Å². The summed E-state index contributed by atoms with van der Waals surface area (Å²) in [7, 11) is 1.41. The zero-order valence-electron chi connectivity index (χ0n) is 16.8. The summed E-state index contributed by atoms with van der Waals surface area (Å²) in [5.41, 5.74) is -3.03. The van der Waals surface area contributed by atoms with Gasteiger partial charge >= 0.3 is 6.18 Å². The van der Waals surface area contributed by atoms with Gasteiger partial charge in [0, 0.05) is 29.7 Å². The summed E-state index contributed by atoms with van der Waals surface area (Å²) in [4.78, 5) is 0. The molecular formula is C24H18F5NO2. The van der Waals surface area contributed by atoms with Gasteiger partial charge in [-0.1, -0.05) is 42.5 Å². The van der Waals surface area contributed by atoms with E-state index in [0.29, 0.717) is 5.75 Å². The minimum atomic E-state index is -5.57. The molecule has 1 atom stereocenters. The van der Waals surface area contributed by atoms with Gasteiger partial charge in [0.1, 0.15) is 11.5 Å². The Labute approximate surface area is 180 Å². The Bertz CT molecular complexity index is 1230. The molecule has 0 spiro atoms. The van der Waals surface area contributed by atoms with Gasteiger partial charge in [-0.25, -0.2) is 8.78 Å². The van der Waals surface area contributed by atoms with Gasteiger partial charge in [-0.2, -0.15) is 13.2 Å². The third-order valence-corrected chi connectivity index (χ3v) is 5.32. The van der Waals surface area contributed by atoms with Crippen molar-refractivity contribution in [1.82, 2.24) is 4.57 Å². The van der Waals surface area contributed by atoms with Crippen molar-refractivity contribution in [3.63, 3.8) is 0 Å². The topological polar surface area (TPSA) is 34.4 Å². The minimum Gasteiger partial charge on any atom is -0.457 e. The van der Waals surface area contributed by atoms with Gasteiger partial charge in [0.2, 0.25) is 5.60 Å². The molecule has 0 radical (unpaired) electrons. The maximum absolute atomic E-state index is 13.4. The van der Waals surface area contributed by atoms with Crippen LogP contribution in [-0.2, 0) is 12.6 Å². The van der Waals surface area contributed by atoms with Gasteiger partial charge in [-0.05, 0) is 41.5 Å². The minimum absolute atomic E-state index is 0.149. The van der Waals surface area contributed by atoms with Gasteiger partial charge in [0.15, 0.2) is 0 Å². The summed E-state index contributed by atoms with van der Waals surface area (Å²) in [6.07, 6.45) is -8.77. The normalized spacial score (nSPS) is 14.0. The van der Waals surface area contributed by atoms with Crippen molar-refractivity contribution in [2.24, 2.45) is 7.05 Å². The van der Waals surface area contributed by atoms with E-state index in [-0.39, 0.29) is 16.7 Å². The van der Waals surface area contributed by atoms with Crippen LogP contribution < -0.4 is 4.74 Å². The number of rotatable bonds is 5. The van der Waals surface area contributed by atoms with Gasteiger partial charge in [-0.15, -0.1) is 0 Å². The van der Waals surface area contributed by atoms with Crippen molar-refractivity contribution in [3.8, 4) is 22.6 Å². The number of nitrogens with zero attached hydrogens (tertiary/aromatic N) is 1. The zero-order chi connectivity index (χ0) is 23.1. The Balaban J connectivity index is 1.70. The number of fused-ring (bicyclic) bond motifs is 1. The lowest BCUT2D eigenvalue weighted by Gasteiger charge is -2.29. The number of aromatic nitrogens is 1. The average Bonchev–Trinajstić information content (AvgIpc) is 3.09. The molecule has 0 aliphatic heterocycles. The highest BCUT2D eigenvalue weighted by Gasteiger charge is 2.62. The summed E-state index contributed by atoms with van der Waals surface area (Å²) in [6, 6.07) is 20.9. The van der Waals surface area contributed by atoms with Crippen LogP contribution in [0.25, 0.3) is 22.0 Å². The average molecular weight is 447 g/mol. The van der Waals surface area contributed by atoms with Crippen LogP contribution >= 0.6 is 0 Å². The fourth-order valence-corrected chi connectivity index (χ4v) is 3.61. The predicted octanol–water partition coefficient (Wildman–Crippen LogP) is 6.65. The number of hydrogen-bond donors (Lipinski definition) is 1. The first kappa shape index (κ1) is 21.8. The molecule has 1 N–H and O–H groups in total. The molecule has 1 heterocycles. The first-order chi connectivity index (χ1) is 15.1. The first-order valence-electron chi connectivity index (χ1n) is 9.61. The quantitative estimate of drug-likeness (QED) is 0.348.